The molecule has 0 bridgehead atoms. The lowest BCUT2D eigenvalue weighted by Gasteiger charge is -2.12. The zero-order valence-electron chi connectivity index (χ0n) is 13.0. The average Bonchev–Trinajstić information content (AvgIpc) is 2.95. The lowest BCUT2D eigenvalue weighted by atomic mass is 10.1. The van der Waals surface area contributed by atoms with Gasteiger partial charge in [0.05, 0.1) is 19.3 Å². The van der Waals surface area contributed by atoms with Crippen molar-refractivity contribution in [3.63, 3.8) is 0 Å². The van der Waals surface area contributed by atoms with Crippen molar-refractivity contribution in [2.45, 2.75) is 45.9 Å². The average molecular weight is 295 g/mol. The maximum absolute atomic E-state index is 13.8. The van der Waals surface area contributed by atoms with Crippen LogP contribution in [0.15, 0.2) is 18.2 Å². The molecule has 1 aliphatic rings. The normalized spacial score (nSPS) is 18.6. The van der Waals surface area contributed by atoms with E-state index < -0.39 is 0 Å². The molecule has 0 radical (unpaired) electrons. The summed E-state index contributed by atoms with van der Waals surface area (Å²) in [5, 5.41) is 3.37. The van der Waals surface area contributed by atoms with Gasteiger partial charge >= 0.3 is 0 Å². The van der Waals surface area contributed by atoms with Gasteiger partial charge in [-0.05, 0) is 43.0 Å². The zero-order chi connectivity index (χ0) is 15.1. The Balaban J connectivity index is 1.80. The van der Waals surface area contributed by atoms with Gasteiger partial charge in [0.2, 0.25) is 0 Å². The molecule has 1 aromatic carbocycles. The van der Waals surface area contributed by atoms with E-state index in [0.717, 1.165) is 38.1 Å². The monoisotopic (exact) mass is 295 g/mol. The Morgan fingerprint density at radius 2 is 2.29 bits per heavy atom. The summed E-state index contributed by atoms with van der Waals surface area (Å²) in [6, 6.07) is 5.24. The van der Waals surface area contributed by atoms with Gasteiger partial charge in [-0.3, -0.25) is 0 Å². The molecule has 1 atom stereocenters. The van der Waals surface area contributed by atoms with Crippen LogP contribution >= 0.6 is 0 Å². The van der Waals surface area contributed by atoms with Crippen LogP contribution in [0.25, 0.3) is 0 Å². The summed E-state index contributed by atoms with van der Waals surface area (Å²) >= 11 is 0. The molecule has 4 heteroatoms. The van der Waals surface area contributed by atoms with Crippen LogP contribution < -0.4 is 5.32 Å². The lowest BCUT2D eigenvalue weighted by molar-refractivity contribution is 0.00981. The fourth-order valence-electron chi connectivity index (χ4n) is 2.43. The molecule has 2 rings (SSSR count). The Morgan fingerprint density at radius 1 is 1.43 bits per heavy atom. The number of nitrogens with one attached hydrogen (secondary N) is 1. The smallest absolute Gasteiger partial charge is 0.128 e. The molecule has 1 N–H and O–H groups in total. The summed E-state index contributed by atoms with van der Waals surface area (Å²) in [6.45, 7) is 7.74. The highest BCUT2D eigenvalue weighted by Gasteiger charge is 2.15. The molecule has 1 unspecified atom stereocenters. The molecular formula is C17H26FNO2. The lowest BCUT2D eigenvalue weighted by Crippen LogP contribution is -2.19. The Hall–Kier alpha value is -0.970. The van der Waals surface area contributed by atoms with Crippen LogP contribution in [-0.4, -0.2) is 25.9 Å². The van der Waals surface area contributed by atoms with Crippen molar-refractivity contribution in [1.29, 1.82) is 0 Å². The highest BCUT2D eigenvalue weighted by atomic mass is 19.1. The topological polar surface area (TPSA) is 30.5 Å². The summed E-state index contributed by atoms with van der Waals surface area (Å²) in [5.41, 5.74) is 1.71. The Morgan fingerprint density at radius 3 is 3.00 bits per heavy atom. The van der Waals surface area contributed by atoms with E-state index in [0.29, 0.717) is 24.7 Å². The summed E-state index contributed by atoms with van der Waals surface area (Å²) in [4.78, 5) is 0. The van der Waals surface area contributed by atoms with Crippen molar-refractivity contribution in [3.05, 3.63) is 35.1 Å². The van der Waals surface area contributed by atoms with Gasteiger partial charge in [-0.1, -0.05) is 19.9 Å². The first-order valence-electron chi connectivity index (χ1n) is 7.82. The highest BCUT2D eigenvalue weighted by molar-refractivity contribution is 5.24. The Labute approximate surface area is 126 Å². The number of ether oxygens (including phenoxy) is 2. The predicted octanol–water partition coefficient (Wildman–Crippen LogP) is 3.27. The SMILES string of the molecule is CC(C)CNCc1ccc(F)c(COCC2CCCO2)c1. The summed E-state index contributed by atoms with van der Waals surface area (Å²) in [7, 11) is 0. The van der Waals surface area contributed by atoms with Crippen molar-refractivity contribution < 1.29 is 13.9 Å². The van der Waals surface area contributed by atoms with Gasteiger partial charge < -0.3 is 14.8 Å². The number of rotatable bonds is 8. The highest BCUT2D eigenvalue weighted by Crippen LogP contribution is 2.15. The standard InChI is InChI=1S/C17H26FNO2/c1-13(2)9-19-10-14-5-6-17(18)15(8-14)11-20-12-16-4-3-7-21-16/h5-6,8,13,16,19H,3-4,7,9-12H2,1-2H3. The van der Waals surface area contributed by atoms with E-state index in [4.69, 9.17) is 9.47 Å². The predicted molar refractivity (Wildman–Crippen MR) is 81.6 cm³/mol. The summed E-state index contributed by atoms with van der Waals surface area (Å²) in [6.07, 6.45) is 2.32. The number of benzene rings is 1. The first-order chi connectivity index (χ1) is 10.1. The molecule has 0 saturated carbocycles. The van der Waals surface area contributed by atoms with Crippen LogP contribution in [0.4, 0.5) is 4.39 Å². The van der Waals surface area contributed by atoms with Crippen molar-refractivity contribution in [1.82, 2.24) is 5.32 Å². The number of hydrogen-bond donors (Lipinski definition) is 1. The minimum absolute atomic E-state index is 0.184. The number of hydrogen-bond acceptors (Lipinski definition) is 3. The minimum atomic E-state index is -0.199. The maximum Gasteiger partial charge on any atom is 0.128 e. The minimum Gasteiger partial charge on any atom is -0.376 e. The second-order valence-corrected chi connectivity index (χ2v) is 6.10. The molecule has 0 aromatic heterocycles. The van der Waals surface area contributed by atoms with E-state index in [9.17, 15) is 4.39 Å². The van der Waals surface area contributed by atoms with E-state index in [1.54, 1.807) is 0 Å². The molecular weight excluding hydrogens is 269 g/mol. The van der Waals surface area contributed by atoms with Crippen molar-refractivity contribution in [2.75, 3.05) is 19.8 Å². The largest absolute Gasteiger partial charge is 0.376 e. The summed E-state index contributed by atoms with van der Waals surface area (Å²) in [5.74, 6) is 0.412. The van der Waals surface area contributed by atoms with Crippen molar-refractivity contribution in [2.24, 2.45) is 5.92 Å². The second kappa shape index (κ2) is 8.47. The van der Waals surface area contributed by atoms with E-state index in [-0.39, 0.29) is 11.9 Å². The third-order valence-corrected chi connectivity index (χ3v) is 3.58. The van der Waals surface area contributed by atoms with E-state index in [1.807, 2.05) is 12.1 Å². The van der Waals surface area contributed by atoms with Gasteiger partial charge in [0.15, 0.2) is 0 Å². The van der Waals surface area contributed by atoms with Crippen LogP contribution in [0.1, 0.15) is 37.8 Å². The van der Waals surface area contributed by atoms with Gasteiger partial charge in [0.1, 0.15) is 5.82 Å². The Bertz CT molecular complexity index is 431. The van der Waals surface area contributed by atoms with Crippen LogP contribution in [0.5, 0.6) is 0 Å². The van der Waals surface area contributed by atoms with Crippen LogP contribution in [0.2, 0.25) is 0 Å². The second-order valence-electron chi connectivity index (χ2n) is 6.10. The van der Waals surface area contributed by atoms with Crippen molar-refractivity contribution in [3.8, 4) is 0 Å². The quantitative estimate of drug-likeness (QED) is 0.798. The van der Waals surface area contributed by atoms with Gasteiger partial charge in [0.25, 0.3) is 0 Å². The van der Waals surface area contributed by atoms with Gasteiger partial charge in [0, 0.05) is 18.7 Å². The third-order valence-electron chi connectivity index (χ3n) is 3.58. The fourth-order valence-corrected chi connectivity index (χ4v) is 2.43. The molecule has 1 fully saturated rings. The molecule has 1 heterocycles. The number of halogens is 1. The van der Waals surface area contributed by atoms with Gasteiger partial charge in [-0.2, -0.15) is 0 Å². The zero-order valence-corrected chi connectivity index (χ0v) is 13.0. The van der Waals surface area contributed by atoms with Crippen LogP contribution in [0.3, 0.4) is 0 Å². The molecule has 1 aliphatic heterocycles. The maximum atomic E-state index is 13.8. The van der Waals surface area contributed by atoms with E-state index >= 15 is 0 Å². The molecule has 1 aromatic rings. The van der Waals surface area contributed by atoms with E-state index in [1.165, 1.54) is 6.07 Å². The van der Waals surface area contributed by atoms with Crippen LogP contribution in [0, 0.1) is 11.7 Å². The molecule has 21 heavy (non-hydrogen) atoms. The van der Waals surface area contributed by atoms with Gasteiger partial charge in [-0.25, -0.2) is 4.39 Å². The van der Waals surface area contributed by atoms with E-state index in [2.05, 4.69) is 19.2 Å². The molecule has 0 aliphatic carbocycles. The summed E-state index contributed by atoms with van der Waals surface area (Å²) < 4.78 is 24.9. The molecule has 0 amide bonds. The molecule has 118 valence electrons. The molecule has 0 spiro atoms. The first-order valence-corrected chi connectivity index (χ1v) is 7.82. The molecule has 3 nitrogen and oxygen atoms in total. The third kappa shape index (κ3) is 5.73. The first kappa shape index (κ1) is 16.4. The van der Waals surface area contributed by atoms with Crippen molar-refractivity contribution >= 4 is 0 Å². The Kier molecular flexibility index (Phi) is 6.61. The van der Waals surface area contributed by atoms with Crippen LogP contribution in [-0.2, 0) is 22.6 Å². The van der Waals surface area contributed by atoms with Gasteiger partial charge in [-0.15, -0.1) is 0 Å². The molecule has 1 saturated heterocycles. The fraction of sp³-hybridized carbons (Fsp3) is 0.647.